The minimum absolute atomic E-state index is 0.0389. The van der Waals surface area contributed by atoms with Gasteiger partial charge in [0.1, 0.15) is 12.7 Å². The number of esters is 1. The van der Waals surface area contributed by atoms with E-state index in [4.69, 9.17) is 14.2 Å². The van der Waals surface area contributed by atoms with E-state index in [1.54, 1.807) is 0 Å². The molecular formula is C10H17NO4. The molecular weight excluding hydrogens is 198 g/mol. The average molecular weight is 215 g/mol. The highest BCUT2D eigenvalue weighted by molar-refractivity contribution is 5.65. The number of rotatable bonds is 2. The molecule has 2 heterocycles. The molecule has 2 rings (SSSR count). The molecule has 2 saturated heterocycles. The van der Waals surface area contributed by atoms with Crippen LogP contribution in [0, 0.1) is 0 Å². The molecule has 5 nitrogen and oxygen atoms in total. The Balaban J connectivity index is 1.88. The summed E-state index contributed by atoms with van der Waals surface area (Å²) in [6.07, 6.45) is -0.0389. The number of carbonyl (C=O) groups excluding carboxylic acids is 1. The molecule has 0 amide bonds. The van der Waals surface area contributed by atoms with Crippen molar-refractivity contribution in [2.45, 2.75) is 19.1 Å². The van der Waals surface area contributed by atoms with E-state index in [0.717, 1.165) is 19.7 Å². The lowest BCUT2D eigenvalue weighted by atomic mass is 10.1. The van der Waals surface area contributed by atoms with Gasteiger partial charge in [0.2, 0.25) is 0 Å². The van der Waals surface area contributed by atoms with E-state index in [-0.39, 0.29) is 18.1 Å². The molecule has 0 radical (unpaired) electrons. The molecule has 15 heavy (non-hydrogen) atoms. The minimum Gasteiger partial charge on any atom is -0.463 e. The van der Waals surface area contributed by atoms with Gasteiger partial charge in [-0.1, -0.05) is 0 Å². The highest BCUT2D eigenvalue weighted by Crippen LogP contribution is 2.17. The summed E-state index contributed by atoms with van der Waals surface area (Å²) in [5.41, 5.74) is 0. The van der Waals surface area contributed by atoms with Crippen LogP contribution in [0.2, 0.25) is 0 Å². The lowest BCUT2D eigenvalue weighted by Gasteiger charge is -2.43. The summed E-state index contributed by atoms with van der Waals surface area (Å²) in [4.78, 5) is 13.1. The predicted molar refractivity (Wildman–Crippen MR) is 52.6 cm³/mol. The summed E-state index contributed by atoms with van der Waals surface area (Å²) < 4.78 is 16.0. The number of morpholine rings is 2. The molecule has 2 unspecified atom stereocenters. The van der Waals surface area contributed by atoms with Gasteiger partial charge < -0.3 is 14.2 Å². The van der Waals surface area contributed by atoms with E-state index in [0.29, 0.717) is 19.8 Å². The van der Waals surface area contributed by atoms with Crippen LogP contribution in [0.4, 0.5) is 0 Å². The van der Waals surface area contributed by atoms with Crippen LogP contribution < -0.4 is 0 Å². The highest BCUT2D eigenvalue weighted by Gasteiger charge is 2.35. The first-order valence-electron chi connectivity index (χ1n) is 5.34. The molecule has 0 saturated carbocycles. The van der Waals surface area contributed by atoms with Gasteiger partial charge in [-0.15, -0.1) is 0 Å². The van der Waals surface area contributed by atoms with Gasteiger partial charge in [-0.2, -0.15) is 0 Å². The van der Waals surface area contributed by atoms with E-state index in [2.05, 4.69) is 4.90 Å². The monoisotopic (exact) mass is 215 g/mol. The van der Waals surface area contributed by atoms with Crippen molar-refractivity contribution in [2.24, 2.45) is 0 Å². The number of nitrogens with zero attached hydrogens (tertiary/aromatic N) is 1. The van der Waals surface area contributed by atoms with E-state index in [1.807, 2.05) is 0 Å². The van der Waals surface area contributed by atoms with Gasteiger partial charge in [-0.05, 0) is 0 Å². The molecule has 0 aromatic rings. The Morgan fingerprint density at radius 3 is 3.07 bits per heavy atom. The second-order valence-corrected chi connectivity index (χ2v) is 3.89. The zero-order valence-electron chi connectivity index (χ0n) is 8.98. The lowest BCUT2D eigenvalue weighted by molar-refractivity contribution is -0.162. The Labute approximate surface area is 89.3 Å². The molecule has 0 aromatic carbocycles. The summed E-state index contributed by atoms with van der Waals surface area (Å²) in [5, 5.41) is 0. The van der Waals surface area contributed by atoms with Crippen molar-refractivity contribution >= 4 is 5.97 Å². The van der Waals surface area contributed by atoms with Crippen molar-refractivity contribution in [2.75, 3.05) is 39.5 Å². The third-order valence-electron chi connectivity index (χ3n) is 2.87. The zero-order chi connectivity index (χ0) is 10.7. The fourth-order valence-corrected chi connectivity index (χ4v) is 2.07. The number of fused-ring (bicyclic) bond motifs is 1. The molecule has 0 bridgehead atoms. The second kappa shape index (κ2) is 4.92. The van der Waals surface area contributed by atoms with Gasteiger partial charge in [-0.3, -0.25) is 9.69 Å². The second-order valence-electron chi connectivity index (χ2n) is 3.89. The summed E-state index contributed by atoms with van der Waals surface area (Å²) in [7, 11) is 0. The summed E-state index contributed by atoms with van der Waals surface area (Å²) in [6.45, 7) is 5.82. The van der Waals surface area contributed by atoms with Gasteiger partial charge >= 0.3 is 5.97 Å². The van der Waals surface area contributed by atoms with Gasteiger partial charge in [0.15, 0.2) is 0 Å². The predicted octanol–water partition coefficient (Wildman–Crippen LogP) is -0.351. The molecule has 2 aliphatic rings. The Hall–Kier alpha value is -0.650. The molecule has 5 heteroatoms. The van der Waals surface area contributed by atoms with Crippen molar-refractivity contribution in [3.8, 4) is 0 Å². The summed E-state index contributed by atoms with van der Waals surface area (Å²) >= 11 is 0. The van der Waals surface area contributed by atoms with E-state index < -0.39 is 0 Å². The minimum atomic E-state index is -0.257. The van der Waals surface area contributed by atoms with Crippen LogP contribution in [0.15, 0.2) is 0 Å². The van der Waals surface area contributed by atoms with E-state index in [1.165, 1.54) is 6.92 Å². The average Bonchev–Trinajstić information content (AvgIpc) is 2.26. The normalized spacial score (nSPS) is 32.1. The first kappa shape index (κ1) is 10.9. The smallest absolute Gasteiger partial charge is 0.302 e. The first-order chi connectivity index (χ1) is 7.27. The molecule has 0 N–H and O–H groups in total. The lowest BCUT2D eigenvalue weighted by Crippen LogP contribution is -2.58. The molecule has 0 aliphatic carbocycles. The Morgan fingerprint density at radius 1 is 1.47 bits per heavy atom. The Bertz CT molecular complexity index is 231. The number of hydrogen-bond acceptors (Lipinski definition) is 5. The maximum absolute atomic E-state index is 10.7. The van der Waals surface area contributed by atoms with E-state index in [9.17, 15) is 4.79 Å². The Kier molecular flexibility index (Phi) is 3.56. The summed E-state index contributed by atoms with van der Waals surface area (Å²) in [6, 6.07) is 0.242. The first-order valence-corrected chi connectivity index (χ1v) is 5.34. The SMILES string of the molecule is CC(=O)OCC1OCCN2CCOCC12. The van der Waals surface area contributed by atoms with Gasteiger partial charge in [0.05, 0.1) is 25.9 Å². The van der Waals surface area contributed by atoms with E-state index >= 15 is 0 Å². The Morgan fingerprint density at radius 2 is 2.27 bits per heavy atom. The van der Waals surface area contributed by atoms with Gasteiger partial charge in [0.25, 0.3) is 0 Å². The van der Waals surface area contributed by atoms with Crippen LogP contribution in [-0.4, -0.2) is 62.5 Å². The van der Waals surface area contributed by atoms with Crippen molar-refractivity contribution in [3.05, 3.63) is 0 Å². The van der Waals surface area contributed by atoms with Crippen LogP contribution in [0.5, 0.6) is 0 Å². The molecule has 2 atom stereocenters. The standard InChI is InChI=1S/C10H17NO4/c1-8(12)15-7-10-9-6-13-4-2-11(9)3-5-14-10/h9-10H,2-7H2,1H3. The van der Waals surface area contributed by atoms with Crippen LogP contribution in [-0.2, 0) is 19.0 Å². The van der Waals surface area contributed by atoms with Crippen molar-refractivity contribution in [1.29, 1.82) is 0 Å². The van der Waals surface area contributed by atoms with Crippen molar-refractivity contribution in [1.82, 2.24) is 4.90 Å². The number of hydrogen-bond donors (Lipinski definition) is 0. The van der Waals surface area contributed by atoms with Crippen LogP contribution in [0.25, 0.3) is 0 Å². The fourth-order valence-electron chi connectivity index (χ4n) is 2.07. The maximum atomic E-state index is 10.7. The molecule has 2 aliphatic heterocycles. The van der Waals surface area contributed by atoms with Gasteiger partial charge in [-0.25, -0.2) is 0 Å². The van der Waals surface area contributed by atoms with Crippen LogP contribution in [0.3, 0.4) is 0 Å². The summed E-state index contributed by atoms with van der Waals surface area (Å²) in [5.74, 6) is -0.257. The topological polar surface area (TPSA) is 48.0 Å². The molecule has 0 spiro atoms. The zero-order valence-corrected chi connectivity index (χ0v) is 8.98. The molecule has 2 fully saturated rings. The number of carbonyl (C=O) groups is 1. The third kappa shape index (κ3) is 2.68. The largest absolute Gasteiger partial charge is 0.463 e. The van der Waals surface area contributed by atoms with Crippen LogP contribution in [0.1, 0.15) is 6.92 Å². The highest BCUT2D eigenvalue weighted by atomic mass is 16.6. The third-order valence-corrected chi connectivity index (χ3v) is 2.87. The quantitative estimate of drug-likeness (QED) is 0.589. The van der Waals surface area contributed by atoms with Crippen LogP contribution >= 0.6 is 0 Å². The molecule has 86 valence electrons. The van der Waals surface area contributed by atoms with Gasteiger partial charge in [0, 0.05) is 20.0 Å². The maximum Gasteiger partial charge on any atom is 0.302 e. The number of ether oxygens (including phenoxy) is 3. The van der Waals surface area contributed by atoms with Crippen molar-refractivity contribution in [3.63, 3.8) is 0 Å². The molecule has 0 aromatic heterocycles. The van der Waals surface area contributed by atoms with Crippen molar-refractivity contribution < 1.29 is 19.0 Å². The fraction of sp³-hybridized carbons (Fsp3) is 0.900.